The number of amides is 1. The van der Waals surface area contributed by atoms with Crippen molar-refractivity contribution in [1.82, 2.24) is 4.90 Å². The highest BCUT2D eigenvalue weighted by Gasteiger charge is 2.71. The monoisotopic (exact) mass is 525 g/mol. The van der Waals surface area contributed by atoms with Gasteiger partial charge in [0.2, 0.25) is 0 Å². The molecule has 198 valence electrons. The van der Waals surface area contributed by atoms with Gasteiger partial charge in [-0.05, 0) is 48.2 Å². The van der Waals surface area contributed by atoms with Crippen LogP contribution in [0.15, 0.2) is 72.8 Å². The fourth-order valence-electron chi connectivity index (χ4n) is 3.79. The molecule has 0 saturated carbocycles. The molecule has 0 radical (unpaired) electrons. The van der Waals surface area contributed by atoms with Crippen LogP contribution in [0.2, 0.25) is 0 Å². The lowest BCUT2D eigenvalue weighted by Crippen LogP contribution is -2.53. The van der Waals surface area contributed by atoms with Gasteiger partial charge in [0, 0.05) is 18.7 Å². The van der Waals surface area contributed by atoms with Gasteiger partial charge in [0.05, 0.1) is 0 Å². The minimum Gasteiger partial charge on any atom is -0.483 e. The standard InChI is InChI=1S/C27H25F6NO3/c1-18-13-22(25(28,29)26(30,36)27(31,32)33)14-19(2)24(18)37-17-23(35)34(15-20-9-5-3-6-10-20)16-21-11-7-4-8-12-21/h3-14,36H,15-17H2,1-2H3. The number of aliphatic hydroxyl groups is 1. The second-order valence-corrected chi connectivity index (χ2v) is 8.64. The molecule has 0 saturated heterocycles. The zero-order valence-corrected chi connectivity index (χ0v) is 20.0. The van der Waals surface area contributed by atoms with Crippen molar-refractivity contribution < 1.29 is 41.0 Å². The van der Waals surface area contributed by atoms with Crippen molar-refractivity contribution in [3.8, 4) is 5.75 Å². The van der Waals surface area contributed by atoms with E-state index in [-0.39, 0.29) is 30.0 Å². The molecule has 1 unspecified atom stereocenters. The molecule has 3 aromatic carbocycles. The van der Waals surface area contributed by atoms with E-state index in [1.165, 1.54) is 13.8 Å². The van der Waals surface area contributed by atoms with Crippen LogP contribution < -0.4 is 4.74 Å². The number of aryl methyl sites for hydroxylation is 2. The first kappa shape index (κ1) is 28.0. The zero-order chi connectivity index (χ0) is 27.4. The minimum atomic E-state index is -6.22. The van der Waals surface area contributed by atoms with Gasteiger partial charge in [0.25, 0.3) is 5.91 Å². The summed E-state index contributed by atoms with van der Waals surface area (Å²) in [5, 5.41) is 8.94. The first-order valence-electron chi connectivity index (χ1n) is 11.2. The molecule has 37 heavy (non-hydrogen) atoms. The van der Waals surface area contributed by atoms with Gasteiger partial charge in [0.1, 0.15) is 5.75 Å². The number of rotatable bonds is 9. The van der Waals surface area contributed by atoms with E-state index in [9.17, 15) is 31.1 Å². The van der Waals surface area contributed by atoms with Crippen LogP contribution in [-0.2, 0) is 23.8 Å². The molecule has 1 amide bonds. The van der Waals surface area contributed by atoms with Crippen LogP contribution in [0.4, 0.5) is 26.3 Å². The summed E-state index contributed by atoms with van der Waals surface area (Å²) in [6, 6.07) is 19.6. The molecular weight excluding hydrogens is 500 g/mol. The summed E-state index contributed by atoms with van der Waals surface area (Å²) in [6.45, 7) is 2.60. The first-order valence-corrected chi connectivity index (χ1v) is 11.2. The summed E-state index contributed by atoms with van der Waals surface area (Å²) < 4.78 is 86.1. The molecule has 0 heterocycles. The molecule has 0 aliphatic heterocycles. The molecule has 3 aromatic rings. The van der Waals surface area contributed by atoms with Crippen molar-refractivity contribution in [2.24, 2.45) is 0 Å². The molecule has 4 nitrogen and oxygen atoms in total. The Balaban J connectivity index is 1.81. The summed E-state index contributed by atoms with van der Waals surface area (Å²) in [6.07, 6.45) is -6.22. The van der Waals surface area contributed by atoms with Crippen LogP contribution in [-0.4, -0.2) is 34.6 Å². The van der Waals surface area contributed by atoms with Crippen molar-refractivity contribution in [3.63, 3.8) is 0 Å². The lowest BCUT2D eigenvalue weighted by Gasteiger charge is -2.31. The highest BCUT2D eigenvalue weighted by molar-refractivity contribution is 5.78. The summed E-state index contributed by atoms with van der Waals surface area (Å²) in [5.74, 6) is -11.5. The second-order valence-electron chi connectivity index (χ2n) is 8.64. The van der Waals surface area contributed by atoms with Crippen LogP contribution >= 0.6 is 0 Å². The lowest BCUT2D eigenvalue weighted by atomic mass is 9.96. The van der Waals surface area contributed by atoms with Gasteiger partial charge in [-0.1, -0.05) is 60.7 Å². The van der Waals surface area contributed by atoms with Crippen LogP contribution in [0.3, 0.4) is 0 Å². The van der Waals surface area contributed by atoms with Gasteiger partial charge in [-0.3, -0.25) is 4.79 Å². The fourth-order valence-corrected chi connectivity index (χ4v) is 3.79. The topological polar surface area (TPSA) is 49.8 Å². The first-order chi connectivity index (χ1) is 17.2. The summed E-state index contributed by atoms with van der Waals surface area (Å²) in [7, 11) is 0. The molecule has 3 rings (SSSR count). The van der Waals surface area contributed by atoms with Gasteiger partial charge in [-0.15, -0.1) is 0 Å². The summed E-state index contributed by atoms with van der Waals surface area (Å²) in [5.41, 5.74) is 0.248. The van der Waals surface area contributed by atoms with Crippen molar-refractivity contribution in [3.05, 3.63) is 101 Å². The third-order valence-electron chi connectivity index (χ3n) is 5.74. The molecular formula is C27H25F6NO3. The van der Waals surface area contributed by atoms with Gasteiger partial charge >= 0.3 is 18.0 Å². The predicted octanol–water partition coefficient (Wildman–Crippen LogP) is 6.22. The molecule has 1 atom stereocenters. The van der Waals surface area contributed by atoms with E-state index in [1.807, 2.05) is 60.7 Å². The number of hydrogen-bond acceptors (Lipinski definition) is 3. The molecule has 0 bridgehead atoms. The Morgan fingerprint density at radius 2 is 1.24 bits per heavy atom. The Morgan fingerprint density at radius 1 is 0.811 bits per heavy atom. The third kappa shape index (κ3) is 6.25. The smallest absolute Gasteiger partial charge is 0.455 e. The average Bonchev–Trinajstić information content (AvgIpc) is 2.83. The molecule has 1 N–H and O–H groups in total. The fraction of sp³-hybridized carbons (Fsp3) is 0.296. The Kier molecular flexibility index (Phi) is 8.22. The molecule has 0 aliphatic carbocycles. The molecule has 10 heteroatoms. The van der Waals surface area contributed by atoms with Crippen LogP contribution in [0.5, 0.6) is 5.75 Å². The Labute approximate surface area is 210 Å². The normalized spacial score (nSPS) is 13.6. The molecule has 0 aliphatic rings. The van der Waals surface area contributed by atoms with E-state index in [1.54, 1.807) is 4.90 Å². The highest BCUT2D eigenvalue weighted by Crippen LogP contribution is 2.49. The SMILES string of the molecule is Cc1cc(C(F)(F)C(O)(F)C(F)(F)F)cc(C)c1OCC(=O)N(Cc1ccccc1)Cc1ccccc1. The molecule has 0 aromatic heterocycles. The average molecular weight is 525 g/mol. The minimum absolute atomic E-state index is 0.0123. The van der Waals surface area contributed by atoms with E-state index < -0.39 is 36.0 Å². The van der Waals surface area contributed by atoms with Crippen LogP contribution in [0.1, 0.15) is 27.8 Å². The number of nitrogens with zero attached hydrogens (tertiary/aromatic N) is 1. The second kappa shape index (κ2) is 10.8. The third-order valence-corrected chi connectivity index (χ3v) is 5.74. The van der Waals surface area contributed by atoms with Crippen molar-refractivity contribution >= 4 is 5.91 Å². The van der Waals surface area contributed by atoms with Crippen molar-refractivity contribution in [2.75, 3.05) is 6.61 Å². The Morgan fingerprint density at radius 3 is 1.65 bits per heavy atom. The number of ether oxygens (including phenoxy) is 1. The van der Waals surface area contributed by atoms with Crippen molar-refractivity contribution in [2.45, 2.75) is 44.9 Å². The quantitative estimate of drug-likeness (QED) is 0.338. The van der Waals surface area contributed by atoms with E-state index in [0.29, 0.717) is 12.1 Å². The van der Waals surface area contributed by atoms with E-state index in [4.69, 9.17) is 9.84 Å². The highest BCUT2D eigenvalue weighted by atomic mass is 19.4. The maximum atomic E-state index is 14.3. The number of carbonyl (C=O) groups is 1. The van der Waals surface area contributed by atoms with Gasteiger partial charge in [-0.25, -0.2) is 0 Å². The van der Waals surface area contributed by atoms with Gasteiger partial charge < -0.3 is 14.7 Å². The number of halogens is 6. The van der Waals surface area contributed by atoms with Crippen LogP contribution in [0, 0.1) is 13.8 Å². The largest absolute Gasteiger partial charge is 0.483 e. The van der Waals surface area contributed by atoms with E-state index >= 15 is 0 Å². The van der Waals surface area contributed by atoms with E-state index in [2.05, 4.69) is 0 Å². The van der Waals surface area contributed by atoms with E-state index in [0.717, 1.165) is 11.1 Å². The van der Waals surface area contributed by atoms with Gasteiger partial charge in [0.15, 0.2) is 6.61 Å². The van der Waals surface area contributed by atoms with Gasteiger partial charge in [-0.2, -0.15) is 26.3 Å². The number of hydrogen-bond donors (Lipinski definition) is 1. The predicted molar refractivity (Wildman–Crippen MR) is 125 cm³/mol. The Bertz CT molecular complexity index is 1150. The maximum absolute atomic E-state index is 14.3. The maximum Gasteiger partial charge on any atom is 0.455 e. The molecule has 0 spiro atoms. The number of carbonyl (C=O) groups excluding carboxylic acids is 1. The summed E-state index contributed by atoms with van der Waals surface area (Å²) >= 11 is 0. The number of alkyl halides is 6. The van der Waals surface area contributed by atoms with Crippen molar-refractivity contribution in [1.29, 1.82) is 0 Å². The number of benzene rings is 3. The van der Waals surface area contributed by atoms with Crippen LogP contribution in [0.25, 0.3) is 0 Å². The lowest BCUT2D eigenvalue weighted by molar-refractivity contribution is -0.390. The Hall–Kier alpha value is -3.53. The molecule has 0 fully saturated rings. The summed E-state index contributed by atoms with van der Waals surface area (Å²) in [4.78, 5) is 14.6. The zero-order valence-electron chi connectivity index (χ0n) is 20.0.